The SMILES string of the molecule is OCCc1nc2ccccc2n1Cc1ccccc1. The number of aliphatic hydroxyl groups excluding tert-OH is 1. The van der Waals surface area contributed by atoms with Crippen molar-refractivity contribution in [1.82, 2.24) is 9.55 Å². The fourth-order valence-electron chi connectivity index (χ4n) is 2.36. The number of aliphatic hydroxyl groups is 1. The Balaban J connectivity index is 2.07. The quantitative estimate of drug-likeness (QED) is 0.775. The number of benzene rings is 2. The van der Waals surface area contributed by atoms with E-state index in [0.29, 0.717) is 6.42 Å². The molecule has 1 aromatic heterocycles. The van der Waals surface area contributed by atoms with Gasteiger partial charge in [0.05, 0.1) is 17.6 Å². The molecule has 0 aliphatic carbocycles. The molecular weight excluding hydrogens is 236 g/mol. The first kappa shape index (κ1) is 11.9. The number of nitrogens with zero attached hydrogens (tertiary/aromatic N) is 2. The molecule has 3 aromatic rings. The van der Waals surface area contributed by atoms with Crippen molar-refractivity contribution in [1.29, 1.82) is 0 Å². The predicted molar refractivity (Wildman–Crippen MR) is 76.1 cm³/mol. The molecule has 0 amide bonds. The van der Waals surface area contributed by atoms with Crippen LogP contribution >= 0.6 is 0 Å². The third-order valence-electron chi connectivity index (χ3n) is 3.25. The molecule has 3 rings (SSSR count). The lowest BCUT2D eigenvalue weighted by Crippen LogP contribution is -2.06. The lowest BCUT2D eigenvalue weighted by molar-refractivity contribution is 0.295. The van der Waals surface area contributed by atoms with Crippen LogP contribution in [-0.2, 0) is 13.0 Å². The average Bonchev–Trinajstić information content (AvgIpc) is 2.79. The molecule has 2 aromatic carbocycles. The van der Waals surface area contributed by atoms with Gasteiger partial charge in [0.2, 0.25) is 0 Å². The minimum Gasteiger partial charge on any atom is -0.396 e. The van der Waals surface area contributed by atoms with Gasteiger partial charge < -0.3 is 9.67 Å². The highest BCUT2D eigenvalue weighted by Gasteiger charge is 2.09. The fraction of sp³-hybridized carbons (Fsp3) is 0.188. The molecule has 0 aliphatic heterocycles. The van der Waals surface area contributed by atoms with Crippen LogP contribution in [0.5, 0.6) is 0 Å². The van der Waals surface area contributed by atoms with E-state index in [1.807, 2.05) is 36.4 Å². The van der Waals surface area contributed by atoms with Crippen LogP contribution in [0.3, 0.4) is 0 Å². The molecule has 0 saturated carbocycles. The summed E-state index contributed by atoms with van der Waals surface area (Å²) in [7, 11) is 0. The third kappa shape index (κ3) is 2.37. The summed E-state index contributed by atoms with van der Waals surface area (Å²) in [6, 6.07) is 18.4. The number of fused-ring (bicyclic) bond motifs is 1. The smallest absolute Gasteiger partial charge is 0.112 e. The molecule has 0 aliphatic rings. The Morgan fingerprint density at radius 2 is 1.68 bits per heavy atom. The molecular formula is C16H16N2O. The van der Waals surface area contributed by atoms with Crippen LogP contribution in [0.15, 0.2) is 54.6 Å². The van der Waals surface area contributed by atoms with Crippen LogP contribution in [0.1, 0.15) is 11.4 Å². The molecule has 19 heavy (non-hydrogen) atoms. The van der Waals surface area contributed by atoms with E-state index in [2.05, 4.69) is 27.8 Å². The summed E-state index contributed by atoms with van der Waals surface area (Å²) in [6.07, 6.45) is 0.585. The van der Waals surface area contributed by atoms with Gasteiger partial charge >= 0.3 is 0 Å². The molecule has 0 saturated heterocycles. The minimum absolute atomic E-state index is 0.123. The van der Waals surface area contributed by atoms with Gasteiger partial charge in [-0.25, -0.2) is 4.98 Å². The number of hydrogen-bond acceptors (Lipinski definition) is 2. The average molecular weight is 252 g/mol. The van der Waals surface area contributed by atoms with Crippen molar-refractivity contribution in [3.05, 3.63) is 66.0 Å². The number of rotatable bonds is 4. The van der Waals surface area contributed by atoms with Crippen molar-refractivity contribution in [2.75, 3.05) is 6.61 Å². The van der Waals surface area contributed by atoms with Crippen LogP contribution in [0.25, 0.3) is 11.0 Å². The maximum atomic E-state index is 9.18. The Morgan fingerprint density at radius 3 is 2.47 bits per heavy atom. The zero-order valence-electron chi connectivity index (χ0n) is 10.7. The van der Waals surface area contributed by atoms with Crippen molar-refractivity contribution in [2.45, 2.75) is 13.0 Å². The van der Waals surface area contributed by atoms with E-state index in [1.165, 1.54) is 5.56 Å². The largest absolute Gasteiger partial charge is 0.396 e. The van der Waals surface area contributed by atoms with Gasteiger partial charge in [0.15, 0.2) is 0 Å². The Bertz CT molecular complexity index is 674. The summed E-state index contributed by atoms with van der Waals surface area (Å²) >= 11 is 0. The monoisotopic (exact) mass is 252 g/mol. The summed E-state index contributed by atoms with van der Waals surface area (Å²) < 4.78 is 2.18. The van der Waals surface area contributed by atoms with E-state index in [-0.39, 0.29) is 6.61 Å². The maximum absolute atomic E-state index is 9.18. The molecule has 3 heteroatoms. The normalized spacial score (nSPS) is 11.0. The molecule has 1 heterocycles. The van der Waals surface area contributed by atoms with Gasteiger partial charge in [0, 0.05) is 13.0 Å². The first-order valence-electron chi connectivity index (χ1n) is 6.47. The Morgan fingerprint density at radius 1 is 0.947 bits per heavy atom. The number of imidazole rings is 1. The highest BCUT2D eigenvalue weighted by atomic mass is 16.3. The topological polar surface area (TPSA) is 38.1 Å². The Kier molecular flexibility index (Phi) is 3.29. The van der Waals surface area contributed by atoms with Crippen molar-refractivity contribution in [3.8, 4) is 0 Å². The molecule has 0 bridgehead atoms. The molecule has 1 N–H and O–H groups in total. The molecule has 0 atom stereocenters. The van der Waals surface area contributed by atoms with Crippen molar-refractivity contribution < 1.29 is 5.11 Å². The van der Waals surface area contributed by atoms with Gasteiger partial charge in [0.1, 0.15) is 5.82 Å². The minimum atomic E-state index is 0.123. The van der Waals surface area contributed by atoms with Crippen LogP contribution in [0, 0.1) is 0 Å². The van der Waals surface area contributed by atoms with E-state index >= 15 is 0 Å². The molecule has 96 valence electrons. The van der Waals surface area contributed by atoms with Crippen LogP contribution in [0.4, 0.5) is 0 Å². The molecule has 0 radical (unpaired) electrons. The summed E-state index contributed by atoms with van der Waals surface area (Å²) in [5, 5.41) is 9.18. The van der Waals surface area contributed by atoms with Crippen LogP contribution in [0.2, 0.25) is 0 Å². The first-order chi connectivity index (χ1) is 9.38. The third-order valence-corrected chi connectivity index (χ3v) is 3.25. The molecule has 3 nitrogen and oxygen atoms in total. The molecule has 0 unspecified atom stereocenters. The van der Waals surface area contributed by atoms with E-state index < -0.39 is 0 Å². The lowest BCUT2D eigenvalue weighted by atomic mass is 10.2. The second-order valence-corrected chi connectivity index (χ2v) is 4.56. The van der Waals surface area contributed by atoms with Gasteiger partial charge in [-0.3, -0.25) is 0 Å². The van der Waals surface area contributed by atoms with Crippen LogP contribution in [-0.4, -0.2) is 21.3 Å². The standard InChI is InChI=1S/C16H16N2O/c19-11-10-16-17-14-8-4-5-9-15(14)18(16)12-13-6-2-1-3-7-13/h1-9,19H,10-12H2. The summed E-state index contributed by atoms with van der Waals surface area (Å²) in [5.41, 5.74) is 3.35. The fourth-order valence-corrected chi connectivity index (χ4v) is 2.36. The second-order valence-electron chi connectivity index (χ2n) is 4.56. The van der Waals surface area contributed by atoms with E-state index in [9.17, 15) is 5.11 Å². The van der Waals surface area contributed by atoms with Crippen molar-refractivity contribution >= 4 is 11.0 Å². The summed E-state index contributed by atoms with van der Waals surface area (Å²) in [6.45, 7) is 0.912. The number of para-hydroxylation sites is 2. The zero-order chi connectivity index (χ0) is 13.1. The molecule has 0 fully saturated rings. The van der Waals surface area contributed by atoms with Crippen molar-refractivity contribution in [3.63, 3.8) is 0 Å². The maximum Gasteiger partial charge on any atom is 0.112 e. The van der Waals surface area contributed by atoms with Crippen molar-refractivity contribution in [2.24, 2.45) is 0 Å². The lowest BCUT2D eigenvalue weighted by Gasteiger charge is -2.08. The summed E-state index contributed by atoms with van der Waals surface area (Å²) in [5.74, 6) is 0.938. The Labute approximate surface area is 112 Å². The second kappa shape index (κ2) is 5.24. The Hall–Kier alpha value is -2.13. The number of hydrogen-bond donors (Lipinski definition) is 1. The predicted octanol–water partition coefficient (Wildman–Crippen LogP) is 2.62. The number of aromatic nitrogens is 2. The molecule has 0 spiro atoms. The van der Waals surface area contributed by atoms with Crippen LogP contribution < -0.4 is 0 Å². The van der Waals surface area contributed by atoms with E-state index in [1.54, 1.807) is 0 Å². The van der Waals surface area contributed by atoms with Gasteiger partial charge in [-0.15, -0.1) is 0 Å². The van der Waals surface area contributed by atoms with Gasteiger partial charge in [-0.1, -0.05) is 42.5 Å². The van der Waals surface area contributed by atoms with Gasteiger partial charge in [0.25, 0.3) is 0 Å². The first-order valence-corrected chi connectivity index (χ1v) is 6.47. The highest BCUT2D eigenvalue weighted by molar-refractivity contribution is 5.76. The zero-order valence-corrected chi connectivity index (χ0v) is 10.7. The van der Waals surface area contributed by atoms with Gasteiger partial charge in [-0.2, -0.15) is 0 Å². The van der Waals surface area contributed by atoms with E-state index in [4.69, 9.17) is 0 Å². The van der Waals surface area contributed by atoms with Gasteiger partial charge in [-0.05, 0) is 17.7 Å². The highest BCUT2D eigenvalue weighted by Crippen LogP contribution is 2.18. The van der Waals surface area contributed by atoms with E-state index in [0.717, 1.165) is 23.4 Å². The summed E-state index contributed by atoms with van der Waals surface area (Å²) in [4.78, 5) is 4.60.